The van der Waals surface area contributed by atoms with Gasteiger partial charge in [0.15, 0.2) is 0 Å². The smallest absolute Gasteiger partial charge is 0.312 e. The van der Waals surface area contributed by atoms with Crippen molar-refractivity contribution >= 4 is 11.6 Å². The predicted molar refractivity (Wildman–Crippen MR) is 60.0 cm³/mol. The maximum Gasteiger partial charge on any atom is 0.389 e. The Morgan fingerprint density at radius 3 is 2.65 bits per heavy atom. The first-order valence-corrected chi connectivity index (χ1v) is 5.72. The van der Waals surface area contributed by atoms with Gasteiger partial charge in [-0.25, -0.2) is 0 Å². The van der Waals surface area contributed by atoms with E-state index in [1.165, 1.54) is 6.20 Å². The van der Waals surface area contributed by atoms with Gasteiger partial charge in [-0.3, -0.25) is 4.68 Å². The number of nitrogens with one attached hydrogen (secondary N) is 1. The lowest BCUT2D eigenvalue weighted by Crippen LogP contribution is -2.23. The minimum atomic E-state index is -4.15. The lowest BCUT2D eigenvalue weighted by Gasteiger charge is -2.18. The highest BCUT2D eigenvalue weighted by atomic mass is 35.5. The molecule has 0 spiro atoms. The number of hydrogen-bond donors (Lipinski definition) is 1. The predicted octanol–water partition coefficient (Wildman–Crippen LogP) is 3.16. The number of alkyl halides is 3. The van der Waals surface area contributed by atoms with Crippen LogP contribution in [0.3, 0.4) is 0 Å². The first-order valence-electron chi connectivity index (χ1n) is 5.34. The Morgan fingerprint density at radius 2 is 2.18 bits per heavy atom. The maximum atomic E-state index is 12.2. The Morgan fingerprint density at radius 1 is 1.53 bits per heavy atom. The second-order valence-electron chi connectivity index (χ2n) is 3.69. The van der Waals surface area contributed by atoms with Crippen molar-refractivity contribution < 1.29 is 13.2 Å². The van der Waals surface area contributed by atoms with Gasteiger partial charge in [0.2, 0.25) is 0 Å². The highest BCUT2D eigenvalue weighted by molar-refractivity contribution is 6.31. The molecule has 3 nitrogen and oxygen atoms in total. The van der Waals surface area contributed by atoms with E-state index in [9.17, 15) is 13.2 Å². The number of aromatic nitrogens is 2. The fourth-order valence-electron chi connectivity index (χ4n) is 1.70. The molecule has 0 saturated heterocycles. The van der Waals surface area contributed by atoms with Gasteiger partial charge in [-0.1, -0.05) is 11.6 Å². The van der Waals surface area contributed by atoms with E-state index >= 15 is 0 Å². The number of rotatable bonds is 5. The summed E-state index contributed by atoms with van der Waals surface area (Å²) >= 11 is 5.94. The summed E-state index contributed by atoms with van der Waals surface area (Å²) in [6.45, 7) is 2.44. The van der Waals surface area contributed by atoms with Crippen molar-refractivity contribution in [2.45, 2.75) is 38.5 Å². The number of aryl methyl sites for hydroxylation is 1. The summed E-state index contributed by atoms with van der Waals surface area (Å²) in [5, 5.41) is 7.25. The summed E-state index contributed by atoms with van der Waals surface area (Å²) < 4.78 is 38.2. The molecule has 1 aromatic heterocycles. The van der Waals surface area contributed by atoms with Crippen molar-refractivity contribution in [3.8, 4) is 0 Å². The fourth-order valence-corrected chi connectivity index (χ4v) is 1.97. The van der Waals surface area contributed by atoms with Crippen LogP contribution in [0, 0.1) is 0 Å². The van der Waals surface area contributed by atoms with Crippen LogP contribution >= 0.6 is 11.6 Å². The van der Waals surface area contributed by atoms with Crippen molar-refractivity contribution in [2.24, 2.45) is 0 Å². The topological polar surface area (TPSA) is 29.9 Å². The second-order valence-corrected chi connectivity index (χ2v) is 4.10. The molecular weight excluding hydrogens is 255 g/mol. The van der Waals surface area contributed by atoms with Crippen LogP contribution in [0.15, 0.2) is 6.20 Å². The number of hydrogen-bond acceptors (Lipinski definition) is 2. The van der Waals surface area contributed by atoms with E-state index in [0.717, 1.165) is 0 Å². The van der Waals surface area contributed by atoms with Crippen molar-refractivity contribution in [3.05, 3.63) is 16.9 Å². The quantitative estimate of drug-likeness (QED) is 0.890. The SMILES string of the molecule is CCn1ncc(Cl)c1C(CCC(F)(F)F)NC. The van der Waals surface area contributed by atoms with Gasteiger partial charge >= 0.3 is 6.18 Å². The third-order valence-corrected chi connectivity index (χ3v) is 2.82. The zero-order valence-corrected chi connectivity index (χ0v) is 10.4. The zero-order chi connectivity index (χ0) is 13.1. The van der Waals surface area contributed by atoms with E-state index < -0.39 is 18.6 Å². The molecular formula is C10H15ClF3N3. The summed E-state index contributed by atoms with van der Waals surface area (Å²) in [7, 11) is 1.62. The molecule has 0 aromatic carbocycles. The summed E-state index contributed by atoms with van der Waals surface area (Å²) in [4.78, 5) is 0. The monoisotopic (exact) mass is 269 g/mol. The van der Waals surface area contributed by atoms with Crippen LogP contribution < -0.4 is 5.32 Å². The lowest BCUT2D eigenvalue weighted by molar-refractivity contribution is -0.136. The van der Waals surface area contributed by atoms with Crippen LogP contribution in [-0.2, 0) is 6.54 Å². The molecule has 1 N–H and O–H groups in total. The van der Waals surface area contributed by atoms with Gasteiger partial charge in [0, 0.05) is 13.0 Å². The van der Waals surface area contributed by atoms with Gasteiger partial charge in [-0.15, -0.1) is 0 Å². The first kappa shape index (κ1) is 14.3. The molecule has 0 radical (unpaired) electrons. The zero-order valence-electron chi connectivity index (χ0n) is 9.68. The van der Waals surface area contributed by atoms with E-state index in [-0.39, 0.29) is 6.42 Å². The second kappa shape index (κ2) is 5.73. The van der Waals surface area contributed by atoms with Crippen molar-refractivity contribution in [1.29, 1.82) is 0 Å². The van der Waals surface area contributed by atoms with Crippen molar-refractivity contribution in [2.75, 3.05) is 7.05 Å². The average Bonchev–Trinajstić information content (AvgIpc) is 2.60. The molecule has 98 valence electrons. The van der Waals surface area contributed by atoms with Crippen LogP contribution in [0.25, 0.3) is 0 Å². The highest BCUT2D eigenvalue weighted by Crippen LogP contribution is 2.30. The minimum absolute atomic E-state index is 0.0502. The van der Waals surface area contributed by atoms with Gasteiger partial charge in [-0.05, 0) is 20.4 Å². The Balaban J connectivity index is 2.82. The molecule has 0 saturated carbocycles. The molecule has 0 amide bonds. The van der Waals surface area contributed by atoms with Crippen LogP contribution in [0.1, 0.15) is 31.5 Å². The summed E-state index contributed by atoms with van der Waals surface area (Å²) in [5.41, 5.74) is 0.612. The molecule has 1 heterocycles. The molecule has 0 bridgehead atoms. The van der Waals surface area contributed by atoms with Gasteiger partial charge in [0.1, 0.15) is 0 Å². The Hall–Kier alpha value is -0.750. The lowest BCUT2D eigenvalue weighted by atomic mass is 10.1. The largest absolute Gasteiger partial charge is 0.389 e. The van der Waals surface area contributed by atoms with Crippen molar-refractivity contribution in [1.82, 2.24) is 15.1 Å². The first-order chi connectivity index (χ1) is 7.89. The Bertz CT molecular complexity index is 362. The molecule has 1 rings (SSSR count). The van der Waals surface area contributed by atoms with Crippen LogP contribution in [-0.4, -0.2) is 23.0 Å². The third-order valence-electron chi connectivity index (χ3n) is 2.53. The van der Waals surface area contributed by atoms with Gasteiger partial charge in [0.25, 0.3) is 0 Å². The third kappa shape index (κ3) is 3.89. The summed E-state index contributed by atoms with van der Waals surface area (Å²) in [6.07, 6.45) is -3.59. The van der Waals surface area contributed by atoms with Crippen LogP contribution in [0.5, 0.6) is 0 Å². The Kier molecular flexibility index (Phi) is 4.82. The van der Waals surface area contributed by atoms with Crippen molar-refractivity contribution in [3.63, 3.8) is 0 Å². The van der Waals surface area contributed by atoms with E-state index in [2.05, 4.69) is 10.4 Å². The minimum Gasteiger partial charge on any atom is -0.312 e. The maximum absolute atomic E-state index is 12.2. The molecule has 0 aliphatic heterocycles. The van der Waals surface area contributed by atoms with E-state index in [1.807, 2.05) is 6.92 Å². The highest BCUT2D eigenvalue weighted by Gasteiger charge is 2.29. The Labute approximate surface area is 103 Å². The van der Waals surface area contributed by atoms with Gasteiger partial charge in [0.05, 0.1) is 23.0 Å². The molecule has 1 unspecified atom stereocenters. The van der Waals surface area contributed by atoms with Crippen LogP contribution in [0.4, 0.5) is 13.2 Å². The molecule has 1 atom stereocenters. The fraction of sp³-hybridized carbons (Fsp3) is 0.700. The molecule has 7 heteroatoms. The normalized spacial score (nSPS) is 14.0. The summed E-state index contributed by atoms with van der Waals surface area (Å²) in [6, 6.07) is -0.438. The molecule has 0 aliphatic rings. The average molecular weight is 270 g/mol. The van der Waals surface area contributed by atoms with Crippen LogP contribution in [0.2, 0.25) is 5.02 Å². The number of nitrogens with zero attached hydrogens (tertiary/aromatic N) is 2. The molecule has 17 heavy (non-hydrogen) atoms. The van der Waals surface area contributed by atoms with E-state index in [0.29, 0.717) is 17.3 Å². The van der Waals surface area contributed by atoms with E-state index in [4.69, 9.17) is 11.6 Å². The molecule has 0 aliphatic carbocycles. The molecule has 0 fully saturated rings. The van der Waals surface area contributed by atoms with Gasteiger partial charge in [-0.2, -0.15) is 18.3 Å². The summed E-state index contributed by atoms with van der Waals surface area (Å²) in [5.74, 6) is 0. The number of halogens is 4. The van der Waals surface area contributed by atoms with E-state index in [1.54, 1.807) is 11.7 Å². The standard InChI is InChI=1S/C10H15ClF3N3/c1-3-17-9(7(11)6-16-17)8(15-2)4-5-10(12,13)14/h6,8,15H,3-5H2,1-2H3. The molecule has 1 aromatic rings. The van der Waals surface area contributed by atoms with Gasteiger partial charge < -0.3 is 5.32 Å².